The van der Waals surface area contributed by atoms with Crippen LogP contribution in [0.5, 0.6) is 0 Å². The summed E-state index contributed by atoms with van der Waals surface area (Å²) >= 11 is 2.53. The lowest BCUT2D eigenvalue weighted by Gasteiger charge is -2.31. The SMILES string of the molecule is CN(C)CC[C@H](CSc1ccccc1)Nc1ccc(S(=O)(=O)NC(=O)c2cccc(N3CCc4cccc(C(=O)Nc5nc6ccc(F)cc6s5)c4C3)n2)cc1S(=O)(=O)C(F)(F)F. The number of aromatic nitrogens is 2. The average molecular weight is 942 g/mol. The number of fused-ring (bicyclic) bond motifs is 2. The lowest BCUT2D eigenvalue weighted by molar-refractivity contribution is -0.0436. The van der Waals surface area contributed by atoms with Crippen LogP contribution >= 0.6 is 23.1 Å². The summed E-state index contributed by atoms with van der Waals surface area (Å²) < 4.78 is 112. The maximum absolute atomic E-state index is 14.1. The monoisotopic (exact) mass is 941 g/mol. The van der Waals surface area contributed by atoms with E-state index in [9.17, 15) is 44.0 Å². The van der Waals surface area contributed by atoms with Crippen LogP contribution in [-0.4, -0.2) is 88.0 Å². The highest BCUT2D eigenvalue weighted by atomic mass is 32.2. The second-order valence-corrected chi connectivity index (χ2v) is 20.4. The first-order valence-corrected chi connectivity index (χ1v) is 24.0. The van der Waals surface area contributed by atoms with Crippen molar-refractivity contribution >= 4 is 81.6 Å². The first-order valence-electron chi connectivity index (χ1n) is 19.2. The van der Waals surface area contributed by atoms with Crippen LogP contribution in [0.4, 0.5) is 34.2 Å². The van der Waals surface area contributed by atoms with Crippen LogP contribution in [0.15, 0.2) is 118 Å². The lowest BCUT2D eigenvalue weighted by atomic mass is 9.94. The number of pyridine rings is 1. The fraction of sp³-hybridized carbons (Fsp3) is 0.238. The van der Waals surface area contributed by atoms with Crippen LogP contribution in [0, 0.1) is 5.82 Å². The number of carbonyl (C=O) groups is 2. The van der Waals surface area contributed by atoms with Crippen LogP contribution in [0.1, 0.15) is 38.4 Å². The molecule has 0 bridgehead atoms. The molecule has 0 saturated heterocycles. The van der Waals surface area contributed by atoms with E-state index >= 15 is 0 Å². The second-order valence-electron chi connectivity index (χ2n) is 14.7. The Labute approximate surface area is 368 Å². The quantitative estimate of drug-likeness (QED) is 0.0683. The van der Waals surface area contributed by atoms with Crippen LogP contribution in [0.25, 0.3) is 10.2 Å². The van der Waals surface area contributed by atoms with Crippen LogP contribution in [-0.2, 0) is 32.8 Å². The number of hydrogen-bond donors (Lipinski definition) is 3. The molecule has 1 aliphatic rings. The van der Waals surface area contributed by atoms with Gasteiger partial charge in [0.1, 0.15) is 22.2 Å². The molecule has 2 aromatic heterocycles. The van der Waals surface area contributed by atoms with E-state index in [0.717, 1.165) is 33.9 Å². The fourth-order valence-electron chi connectivity index (χ4n) is 6.75. The van der Waals surface area contributed by atoms with Crippen LogP contribution < -0.4 is 20.3 Å². The summed E-state index contributed by atoms with van der Waals surface area (Å²) in [5.74, 6) is -1.50. The van der Waals surface area contributed by atoms with Gasteiger partial charge in [0.25, 0.3) is 31.7 Å². The van der Waals surface area contributed by atoms with Gasteiger partial charge in [0.05, 0.1) is 20.8 Å². The molecule has 4 aromatic carbocycles. The van der Waals surface area contributed by atoms with Crippen molar-refractivity contribution in [3.8, 4) is 0 Å². The van der Waals surface area contributed by atoms with Gasteiger partial charge in [-0.15, -0.1) is 11.8 Å². The Bertz CT molecular complexity index is 2900. The standard InChI is InChI=1S/C42H39F4N7O6S4/c1-52(2)20-19-28(25-60-29-9-4-3-5-10-29)47-34-17-15-30(23-37(34)62(56,57)42(44,45)46)63(58,59)51-40(55)35-12-7-13-38(48-35)53-21-18-26-8-6-11-31(32(26)24-53)39(54)50-41-49-33-16-14-27(43)22-36(33)61-41/h3-17,22-23,28,47H,18-21,24-25H2,1-2H3,(H,51,55)(H,49,50,54)/t28-/m1/s1. The van der Waals surface area contributed by atoms with Crippen molar-refractivity contribution in [1.82, 2.24) is 19.6 Å². The van der Waals surface area contributed by atoms with E-state index in [0.29, 0.717) is 59.1 Å². The summed E-state index contributed by atoms with van der Waals surface area (Å²) in [5.41, 5.74) is -4.15. The van der Waals surface area contributed by atoms with Crippen LogP contribution in [0.2, 0.25) is 0 Å². The van der Waals surface area contributed by atoms with E-state index in [4.69, 9.17) is 0 Å². The zero-order valence-electron chi connectivity index (χ0n) is 33.5. The molecule has 13 nitrogen and oxygen atoms in total. The second kappa shape index (κ2) is 18.6. The highest BCUT2D eigenvalue weighted by molar-refractivity contribution is 7.99. The Morgan fingerprint density at radius 2 is 1.67 bits per heavy atom. The molecule has 1 aliphatic heterocycles. The first kappa shape index (κ1) is 45.4. The van der Waals surface area contributed by atoms with Gasteiger partial charge < -0.3 is 15.1 Å². The van der Waals surface area contributed by atoms with Gasteiger partial charge in [0.2, 0.25) is 0 Å². The number of thiazole rings is 1. The molecule has 3 N–H and O–H groups in total. The summed E-state index contributed by atoms with van der Waals surface area (Å²) in [7, 11) is -7.45. The Morgan fingerprint density at radius 3 is 2.41 bits per heavy atom. The number of carbonyl (C=O) groups excluding carboxylic acids is 2. The van der Waals surface area contributed by atoms with Gasteiger partial charge in [-0.1, -0.05) is 47.7 Å². The Hall–Kier alpha value is -5.61. The number of anilines is 3. The molecule has 0 fully saturated rings. The number of thioether (sulfide) groups is 1. The summed E-state index contributed by atoms with van der Waals surface area (Å²) in [6, 6.07) is 24.6. The van der Waals surface area contributed by atoms with Gasteiger partial charge in [0.15, 0.2) is 5.13 Å². The van der Waals surface area contributed by atoms with Gasteiger partial charge >= 0.3 is 5.51 Å². The molecule has 21 heteroatoms. The number of amides is 2. The van der Waals surface area contributed by atoms with E-state index in [1.807, 2.05) is 60.1 Å². The molecule has 7 rings (SSSR count). The lowest BCUT2D eigenvalue weighted by Crippen LogP contribution is -2.34. The van der Waals surface area contributed by atoms with Crippen molar-refractivity contribution in [1.29, 1.82) is 0 Å². The Balaban J connectivity index is 1.09. The molecule has 3 heterocycles. The van der Waals surface area contributed by atoms with Crippen molar-refractivity contribution in [3.05, 3.63) is 131 Å². The molecule has 2 amide bonds. The fourth-order valence-corrected chi connectivity index (χ4v) is 10.6. The van der Waals surface area contributed by atoms with Crippen LogP contribution in [0.3, 0.4) is 0 Å². The number of benzene rings is 4. The molecule has 6 aromatic rings. The third-order valence-electron chi connectivity index (χ3n) is 9.94. The molecule has 0 unspecified atom stereocenters. The van der Waals surface area contributed by atoms with E-state index < -0.39 is 64.5 Å². The number of sulfonamides is 1. The average Bonchev–Trinajstić information content (AvgIpc) is 3.65. The summed E-state index contributed by atoms with van der Waals surface area (Å²) in [5, 5.41) is 5.98. The van der Waals surface area contributed by atoms with Crippen molar-refractivity contribution in [3.63, 3.8) is 0 Å². The maximum atomic E-state index is 14.1. The Kier molecular flexibility index (Phi) is 13.4. The van der Waals surface area contributed by atoms with E-state index in [1.54, 1.807) is 23.1 Å². The molecule has 0 aliphatic carbocycles. The predicted molar refractivity (Wildman–Crippen MR) is 235 cm³/mol. The highest BCUT2D eigenvalue weighted by Crippen LogP contribution is 2.37. The minimum atomic E-state index is -6.10. The van der Waals surface area contributed by atoms with Gasteiger partial charge in [-0.25, -0.2) is 35.9 Å². The third-order valence-corrected chi connectivity index (χ3v) is 14.9. The summed E-state index contributed by atoms with van der Waals surface area (Å²) in [6.45, 7) is 1.09. The molecular formula is C42H39F4N7O6S4. The number of sulfone groups is 1. The normalized spacial score (nSPS) is 13.7. The smallest absolute Gasteiger partial charge is 0.380 e. The van der Waals surface area contributed by atoms with Gasteiger partial charge in [-0.2, -0.15) is 13.2 Å². The molecule has 63 heavy (non-hydrogen) atoms. The highest BCUT2D eigenvalue weighted by Gasteiger charge is 2.48. The molecule has 1 atom stereocenters. The van der Waals surface area contributed by atoms with Gasteiger partial charge in [-0.05, 0) is 111 Å². The Morgan fingerprint density at radius 1 is 0.905 bits per heavy atom. The molecular weight excluding hydrogens is 903 g/mol. The molecule has 0 spiro atoms. The van der Waals surface area contributed by atoms with Crippen molar-refractivity contribution in [2.24, 2.45) is 0 Å². The first-order chi connectivity index (χ1) is 29.9. The number of alkyl halides is 3. The predicted octanol–water partition coefficient (Wildman–Crippen LogP) is 7.58. The largest absolute Gasteiger partial charge is 0.501 e. The topological polar surface area (TPSA) is 171 Å². The zero-order chi connectivity index (χ0) is 45.1. The minimum absolute atomic E-state index is 0.179. The van der Waals surface area contributed by atoms with Gasteiger partial charge in [0, 0.05) is 35.3 Å². The third kappa shape index (κ3) is 10.6. The molecule has 0 saturated carbocycles. The number of nitrogens with one attached hydrogen (secondary N) is 3. The van der Waals surface area contributed by atoms with Crippen molar-refractivity contribution in [2.75, 3.05) is 48.5 Å². The summed E-state index contributed by atoms with van der Waals surface area (Å²) in [4.78, 5) is 38.0. The maximum Gasteiger partial charge on any atom is 0.501 e. The number of rotatable bonds is 15. The molecule has 330 valence electrons. The van der Waals surface area contributed by atoms with Gasteiger partial charge in [-0.3, -0.25) is 14.9 Å². The van der Waals surface area contributed by atoms with E-state index in [1.165, 1.54) is 42.1 Å². The zero-order valence-corrected chi connectivity index (χ0v) is 36.8. The number of hydrogen-bond acceptors (Lipinski definition) is 13. The van der Waals surface area contributed by atoms with Crippen molar-refractivity contribution in [2.45, 2.75) is 45.6 Å². The van der Waals surface area contributed by atoms with Crippen molar-refractivity contribution < 1.29 is 44.0 Å². The van der Waals surface area contributed by atoms with E-state index in [2.05, 4.69) is 20.6 Å². The molecule has 0 radical (unpaired) electrons. The number of halogens is 4. The number of nitrogens with zero attached hydrogens (tertiary/aromatic N) is 4. The minimum Gasteiger partial charge on any atom is -0.380 e. The van der Waals surface area contributed by atoms with E-state index in [-0.39, 0.29) is 23.2 Å². The summed E-state index contributed by atoms with van der Waals surface area (Å²) in [6.07, 6.45) is 0.885.